The molecule has 12 heavy (non-hydrogen) atoms. The lowest BCUT2D eigenvalue weighted by molar-refractivity contribution is -0.176. The van der Waals surface area contributed by atoms with Crippen LogP contribution in [0.4, 0.5) is 0 Å². The predicted octanol–water partition coefficient (Wildman–Crippen LogP) is 2.45. The molecule has 0 aliphatic carbocycles. The van der Waals surface area contributed by atoms with Crippen LogP contribution in [0.3, 0.4) is 0 Å². The Labute approximate surface area is 72.8 Å². The zero-order valence-corrected chi connectivity index (χ0v) is 7.49. The van der Waals surface area contributed by atoms with Gasteiger partial charge < -0.3 is 5.11 Å². The van der Waals surface area contributed by atoms with E-state index in [0.29, 0.717) is 6.42 Å². The molecule has 4 heteroatoms. The van der Waals surface area contributed by atoms with Gasteiger partial charge in [-0.3, -0.25) is 15.3 Å². The number of hydrogen-bond acceptors (Lipinski definition) is 3. The van der Waals surface area contributed by atoms with Gasteiger partial charge in [0.1, 0.15) is 0 Å². The van der Waals surface area contributed by atoms with Crippen molar-refractivity contribution in [2.75, 3.05) is 0 Å². The van der Waals surface area contributed by atoms with Crippen LogP contribution in [0.5, 0.6) is 0 Å². The van der Waals surface area contributed by atoms with Crippen LogP contribution in [-0.2, 0) is 4.79 Å². The lowest BCUT2D eigenvalue weighted by Gasteiger charge is -1.95. The Balaban J connectivity index is 0. The molecule has 0 aromatic rings. The van der Waals surface area contributed by atoms with Crippen LogP contribution in [0.15, 0.2) is 0 Å². The van der Waals surface area contributed by atoms with Crippen LogP contribution in [-0.4, -0.2) is 21.6 Å². The third-order valence-electron chi connectivity index (χ3n) is 1.49. The Kier molecular flexibility index (Phi) is 15.1. The van der Waals surface area contributed by atoms with E-state index < -0.39 is 5.97 Å². The van der Waals surface area contributed by atoms with Gasteiger partial charge in [-0.15, -0.1) is 0 Å². The molecule has 0 fully saturated rings. The van der Waals surface area contributed by atoms with Crippen molar-refractivity contribution in [1.82, 2.24) is 0 Å². The van der Waals surface area contributed by atoms with E-state index in [9.17, 15) is 4.79 Å². The Hall–Kier alpha value is -0.610. The molecular weight excluding hydrogens is 160 g/mol. The summed E-state index contributed by atoms with van der Waals surface area (Å²) >= 11 is 0. The van der Waals surface area contributed by atoms with Crippen molar-refractivity contribution >= 4 is 5.97 Å². The zero-order valence-electron chi connectivity index (χ0n) is 7.49. The van der Waals surface area contributed by atoms with E-state index in [4.69, 9.17) is 15.6 Å². The highest BCUT2D eigenvalue weighted by Gasteiger charge is 1.94. The van der Waals surface area contributed by atoms with Crippen LogP contribution >= 0.6 is 0 Å². The van der Waals surface area contributed by atoms with Gasteiger partial charge in [0.2, 0.25) is 0 Å². The van der Waals surface area contributed by atoms with Gasteiger partial charge in [-0.05, 0) is 6.42 Å². The molecule has 0 saturated carbocycles. The highest BCUT2D eigenvalue weighted by molar-refractivity contribution is 5.66. The first-order chi connectivity index (χ1) is 5.77. The summed E-state index contributed by atoms with van der Waals surface area (Å²) in [5.74, 6) is -0.670. The van der Waals surface area contributed by atoms with Crippen LogP contribution in [0.2, 0.25) is 0 Å². The van der Waals surface area contributed by atoms with E-state index >= 15 is 0 Å². The van der Waals surface area contributed by atoms with E-state index in [2.05, 4.69) is 6.92 Å². The molecule has 0 amide bonds. The maximum Gasteiger partial charge on any atom is 0.303 e. The first kappa shape index (κ1) is 13.9. The van der Waals surface area contributed by atoms with E-state index in [1.54, 1.807) is 0 Å². The molecule has 3 N–H and O–H groups in total. The molecule has 74 valence electrons. The second kappa shape index (κ2) is 13.0. The third-order valence-corrected chi connectivity index (χ3v) is 1.49. The minimum absolute atomic E-state index is 0.337. The molecule has 0 radical (unpaired) electrons. The number of hydrogen-bond donors (Lipinski definition) is 3. The van der Waals surface area contributed by atoms with Crippen LogP contribution < -0.4 is 0 Å². The predicted molar refractivity (Wildman–Crippen MR) is 46.3 cm³/mol. The van der Waals surface area contributed by atoms with Gasteiger partial charge in [0.05, 0.1) is 0 Å². The third kappa shape index (κ3) is 16.2. The van der Waals surface area contributed by atoms with Crippen LogP contribution in [0.25, 0.3) is 0 Å². The van der Waals surface area contributed by atoms with Crippen molar-refractivity contribution in [3.63, 3.8) is 0 Å². The van der Waals surface area contributed by atoms with E-state index in [-0.39, 0.29) is 0 Å². The molecule has 0 aliphatic rings. The molecule has 0 unspecified atom stereocenters. The van der Waals surface area contributed by atoms with E-state index in [0.717, 1.165) is 12.8 Å². The van der Waals surface area contributed by atoms with Gasteiger partial charge in [0.15, 0.2) is 0 Å². The number of rotatable bonds is 6. The van der Waals surface area contributed by atoms with Gasteiger partial charge in [-0.2, -0.15) is 0 Å². The highest BCUT2D eigenvalue weighted by Crippen LogP contribution is 2.04. The monoisotopic (exact) mass is 178 g/mol. The molecule has 0 rings (SSSR count). The molecule has 4 nitrogen and oxygen atoms in total. The second-order valence-electron chi connectivity index (χ2n) is 2.56. The lowest BCUT2D eigenvalue weighted by Crippen LogP contribution is -1.93. The quantitative estimate of drug-likeness (QED) is 0.331. The summed E-state index contributed by atoms with van der Waals surface area (Å²) in [6.07, 6.45) is 5.88. The molecule has 0 aromatic heterocycles. The summed E-state index contributed by atoms with van der Waals surface area (Å²) in [4.78, 5) is 10.0. The summed E-state index contributed by atoms with van der Waals surface area (Å²) in [6, 6.07) is 0. The normalized spacial score (nSPS) is 8.58. The van der Waals surface area contributed by atoms with Gasteiger partial charge in [-0.25, -0.2) is 0 Å². The van der Waals surface area contributed by atoms with Gasteiger partial charge in [-0.1, -0.05) is 32.6 Å². The minimum Gasteiger partial charge on any atom is -0.481 e. The fraction of sp³-hybridized carbons (Fsp3) is 0.875. The van der Waals surface area contributed by atoms with Gasteiger partial charge >= 0.3 is 5.97 Å². The molecule has 0 atom stereocenters. The Morgan fingerprint density at radius 2 is 1.58 bits per heavy atom. The molecule has 0 saturated heterocycles. The van der Waals surface area contributed by atoms with Crippen molar-refractivity contribution in [3.05, 3.63) is 0 Å². The average molecular weight is 178 g/mol. The fourth-order valence-electron chi connectivity index (χ4n) is 0.880. The van der Waals surface area contributed by atoms with Crippen molar-refractivity contribution in [2.24, 2.45) is 0 Å². The summed E-state index contributed by atoms with van der Waals surface area (Å²) in [6.45, 7) is 2.15. The van der Waals surface area contributed by atoms with Gasteiger partial charge in [0.25, 0.3) is 0 Å². The van der Waals surface area contributed by atoms with Crippen LogP contribution in [0, 0.1) is 0 Å². The second-order valence-corrected chi connectivity index (χ2v) is 2.56. The molecule has 0 bridgehead atoms. The molecular formula is C8H18O4. The average Bonchev–Trinajstić information content (AvgIpc) is 2.07. The molecule has 0 heterocycles. The summed E-state index contributed by atoms with van der Waals surface area (Å²) in [5.41, 5.74) is 0. The zero-order chi connectivity index (χ0) is 9.82. The van der Waals surface area contributed by atoms with Crippen molar-refractivity contribution in [2.45, 2.75) is 45.4 Å². The minimum atomic E-state index is -0.670. The first-order valence-electron chi connectivity index (χ1n) is 4.19. The van der Waals surface area contributed by atoms with Crippen molar-refractivity contribution in [3.8, 4) is 0 Å². The highest BCUT2D eigenvalue weighted by atomic mass is 17.0. The summed E-state index contributed by atoms with van der Waals surface area (Å²) in [7, 11) is 0. The number of carboxylic acid groups (broad SMARTS) is 1. The Morgan fingerprint density at radius 3 is 2.00 bits per heavy atom. The standard InChI is InChI=1S/C8H16O2.H2O2/c1-2-3-4-5-6-7-8(9)10;1-2/h2-7H2,1H3,(H,9,10);1-2H. The smallest absolute Gasteiger partial charge is 0.303 e. The van der Waals surface area contributed by atoms with Crippen molar-refractivity contribution < 1.29 is 20.4 Å². The lowest BCUT2D eigenvalue weighted by atomic mass is 10.1. The largest absolute Gasteiger partial charge is 0.481 e. The number of unbranched alkanes of at least 4 members (excludes halogenated alkanes) is 4. The molecule has 0 aliphatic heterocycles. The molecule has 0 aromatic carbocycles. The number of aliphatic carboxylic acids is 1. The molecule has 0 spiro atoms. The number of carboxylic acids is 1. The van der Waals surface area contributed by atoms with Crippen molar-refractivity contribution in [1.29, 1.82) is 0 Å². The maximum absolute atomic E-state index is 10.0. The SMILES string of the molecule is CCCCCCCC(=O)O.OO. The summed E-state index contributed by atoms with van der Waals surface area (Å²) < 4.78 is 0. The Bertz CT molecular complexity index is 93.1. The Morgan fingerprint density at radius 1 is 1.08 bits per heavy atom. The first-order valence-corrected chi connectivity index (χ1v) is 4.19. The fourth-order valence-corrected chi connectivity index (χ4v) is 0.880. The maximum atomic E-state index is 10.0. The van der Waals surface area contributed by atoms with E-state index in [1.165, 1.54) is 19.3 Å². The topological polar surface area (TPSA) is 77.8 Å². The van der Waals surface area contributed by atoms with Gasteiger partial charge in [0, 0.05) is 6.42 Å². The van der Waals surface area contributed by atoms with Crippen LogP contribution in [0.1, 0.15) is 45.4 Å². The van der Waals surface area contributed by atoms with E-state index in [1.807, 2.05) is 0 Å². The summed E-state index contributed by atoms with van der Waals surface area (Å²) in [5, 5.41) is 20.3. The number of carbonyl (C=O) groups is 1.